The number of carbonyl (C=O) groups excluding carboxylic acids is 1. The highest BCUT2D eigenvalue weighted by Crippen LogP contribution is 2.02. The van der Waals surface area contributed by atoms with Gasteiger partial charge in [-0.05, 0) is 6.07 Å². The molecule has 0 amide bonds. The maximum Gasteiger partial charge on any atom is 0.195 e. The highest BCUT2D eigenvalue weighted by molar-refractivity contribution is 8.13. The molecule has 0 spiro atoms. The number of aromatic nitrogens is 1. The topological polar surface area (TPSA) is 44.0 Å². The van der Waals surface area contributed by atoms with Gasteiger partial charge in [-0.3, -0.25) is 4.79 Å². The van der Waals surface area contributed by atoms with Gasteiger partial charge in [0.15, 0.2) is 17.5 Å². The zero-order valence-electron chi connectivity index (χ0n) is 8.40. The summed E-state index contributed by atoms with van der Waals surface area (Å²) in [6.07, 6.45) is 3.49. The molecule has 0 saturated heterocycles. The van der Waals surface area contributed by atoms with Gasteiger partial charge in [0.05, 0.1) is 5.56 Å². The van der Waals surface area contributed by atoms with Crippen LogP contribution in [0, 0.1) is 17.0 Å². The molecule has 1 heterocycles. The minimum absolute atomic E-state index is 0.105. The zero-order valence-corrected chi connectivity index (χ0v) is 9.21. The predicted molar refractivity (Wildman–Crippen MR) is 60.0 cm³/mol. The lowest BCUT2D eigenvalue weighted by Crippen LogP contribution is -2.24. The molecular weight excluding hydrogens is 210 g/mol. The first-order chi connectivity index (χ1) is 7.18. The van der Waals surface area contributed by atoms with Crippen LogP contribution in [0.4, 0.5) is 0 Å². The van der Waals surface area contributed by atoms with Crippen LogP contribution in [0.3, 0.4) is 0 Å². The molecule has 0 atom stereocenters. The van der Waals surface area contributed by atoms with E-state index < -0.39 is 0 Å². The third kappa shape index (κ3) is 5.08. The quantitative estimate of drug-likeness (QED) is 0.327. The van der Waals surface area contributed by atoms with Crippen molar-refractivity contribution in [2.75, 3.05) is 5.75 Å². The van der Waals surface area contributed by atoms with Crippen molar-refractivity contribution in [2.45, 2.75) is 13.3 Å². The largest absolute Gasteiger partial charge is 0.619 e. The molecule has 0 aliphatic rings. The first kappa shape index (κ1) is 11.6. The Morgan fingerprint density at radius 2 is 2.47 bits per heavy atom. The molecule has 1 aromatic rings. The van der Waals surface area contributed by atoms with E-state index in [2.05, 4.69) is 11.8 Å². The van der Waals surface area contributed by atoms with Gasteiger partial charge in [-0.2, -0.15) is 4.73 Å². The van der Waals surface area contributed by atoms with Gasteiger partial charge in [0.1, 0.15) is 0 Å². The van der Waals surface area contributed by atoms with Gasteiger partial charge in [-0.1, -0.05) is 23.6 Å². The van der Waals surface area contributed by atoms with Crippen LogP contribution in [0.5, 0.6) is 0 Å². The van der Waals surface area contributed by atoms with Crippen molar-refractivity contribution in [3.63, 3.8) is 0 Å². The maximum atomic E-state index is 10.9. The summed E-state index contributed by atoms with van der Waals surface area (Å²) in [5.41, 5.74) is 0.695. The van der Waals surface area contributed by atoms with E-state index >= 15 is 0 Å². The summed E-state index contributed by atoms with van der Waals surface area (Å²) in [5, 5.41) is 11.0. The van der Waals surface area contributed by atoms with E-state index in [4.69, 9.17) is 0 Å². The molecule has 0 aliphatic heterocycles. The Morgan fingerprint density at radius 1 is 1.67 bits per heavy atom. The van der Waals surface area contributed by atoms with Gasteiger partial charge >= 0.3 is 0 Å². The predicted octanol–water partition coefficient (Wildman–Crippen LogP) is 1.34. The molecule has 0 aromatic carbocycles. The van der Waals surface area contributed by atoms with E-state index in [9.17, 15) is 10.0 Å². The van der Waals surface area contributed by atoms with Crippen LogP contribution in [0.15, 0.2) is 24.5 Å². The smallest absolute Gasteiger partial charge is 0.195 e. The van der Waals surface area contributed by atoms with Crippen molar-refractivity contribution in [1.29, 1.82) is 0 Å². The Balaban J connectivity index is 2.41. The second-order valence-electron chi connectivity index (χ2n) is 2.84. The number of carbonyl (C=O) groups is 1. The summed E-state index contributed by atoms with van der Waals surface area (Å²) in [4.78, 5) is 10.6. The number of nitrogens with zero attached hydrogens (tertiary/aromatic N) is 1. The molecule has 15 heavy (non-hydrogen) atoms. The molecule has 0 saturated carbocycles. The molecule has 0 unspecified atom stereocenters. The molecule has 3 nitrogen and oxygen atoms in total. The first-order valence-electron chi connectivity index (χ1n) is 4.49. The molecule has 4 heteroatoms. The molecule has 1 aromatic heterocycles. The molecule has 0 fully saturated rings. The Morgan fingerprint density at radius 3 is 3.13 bits per heavy atom. The van der Waals surface area contributed by atoms with Crippen molar-refractivity contribution in [3.8, 4) is 11.8 Å². The summed E-state index contributed by atoms with van der Waals surface area (Å²) in [5.74, 6) is 6.47. The molecular formula is C11H11NO2S. The lowest BCUT2D eigenvalue weighted by molar-refractivity contribution is -0.605. The Labute approximate surface area is 93.1 Å². The molecule has 1 rings (SSSR count). The second-order valence-corrected chi connectivity index (χ2v) is 4.12. The zero-order chi connectivity index (χ0) is 11.1. The fourth-order valence-electron chi connectivity index (χ4n) is 0.939. The van der Waals surface area contributed by atoms with Gasteiger partial charge in [-0.15, -0.1) is 0 Å². The number of thioether (sulfide) groups is 1. The van der Waals surface area contributed by atoms with Crippen molar-refractivity contribution in [1.82, 2.24) is 0 Å². The van der Waals surface area contributed by atoms with Crippen molar-refractivity contribution in [3.05, 3.63) is 35.3 Å². The minimum Gasteiger partial charge on any atom is -0.619 e. The van der Waals surface area contributed by atoms with Crippen molar-refractivity contribution < 1.29 is 9.52 Å². The van der Waals surface area contributed by atoms with Crippen LogP contribution in [-0.2, 0) is 4.79 Å². The molecule has 0 bridgehead atoms. The van der Waals surface area contributed by atoms with E-state index in [0.717, 1.165) is 0 Å². The third-order valence-corrected chi connectivity index (χ3v) is 2.35. The van der Waals surface area contributed by atoms with Gasteiger partial charge in [0.2, 0.25) is 0 Å². The van der Waals surface area contributed by atoms with E-state index in [1.807, 2.05) is 0 Å². The van der Waals surface area contributed by atoms with Crippen LogP contribution in [0.2, 0.25) is 0 Å². The summed E-state index contributed by atoms with van der Waals surface area (Å²) < 4.78 is 0.717. The lowest BCUT2D eigenvalue weighted by Gasteiger charge is -1.93. The minimum atomic E-state index is 0.105. The van der Waals surface area contributed by atoms with Crippen LogP contribution < -0.4 is 4.73 Å². The SMILES string of the molecule is CC(=O)SCCC#Cc1ccc[n+]([O-])c1. The monoisotopic (exact) mass is 221 g/mol. The van der Waals surface area contributed by atoms with Crippen LogP contribution in [-0.4, -0.2) is 10.9 Å². The number of hydrogen-bond acceptors (Lipinski definition) is 3. The average Bonchev–Trinajstić information content (AvgIpc) is 2.17. The maximum absolute atomic E-state index is 10.9. The average molecular weight is 221 g/mol. The van der Waals surface area contributed by atoms with Crippen LogP contribution in [0.25, 0.3) is 0 Å². The molecule has 78 valence electrons. The van der Waals surface area contributed by atoms with Crippen LogP contribution in [0.1, 0.15) is 18.9 Å². The normalized spacial score (nSPS) is 9.13. The Kier molecular flexibility index (Phi) is 4.72. The highest BCUT2D eigenvalue weighted by Gasteiger charge is 1.92. The van der Waals surface area contributed by atoms with E-state index in [1.165, 1.54) is 31.1 Å². The fraction of sp³-hybridized carbons (Fsp3) is 0.273. The van der Waals surface area contributed by atoms with E-state index in [1.54, 1.807) is 12.1 Å². The first-order valence-corrected chi connectivity index (χ1v) is 5.48. The second kappa shape index (κ2) is 6.10. The van der Waals surface area contributed by atoms with Crippen molar-refractivity contribution in [2.24, 2.45) is 0 Å². The fourth-order valence-corrected chi connectivity index (χ4v) is 1.43. The molecule has 0 radical (unpaired) electrons. The summed E-state index contributed by atoms with van der Waals surface area (Å²) in [7, 11) is 0. The number of rotatable bonds is 2. The Bertz CT molecular complexity index is 407. The number of pyridine rings is 1. The number of hydrogen-bond donors (Lipinski definition) is 0. The molecule has 0 aliphatic carbocycles. The van der Waals surface area contributed by atoms with Gasteiger partial charge < -0.3 is 5.21 Å². The standard InChI is InChI=1S/C11H11NO2S/c1-10(13)15-8-3-2-5-11-6-4-7-12(14)9-11/h4,6-7,9H,3,8H2,1H3. The van der Waals surface area contributed by atoms with Crippen LogP contribution >= 0.6 is 11.8 Å². The van der Waals surface area contributed by atoms with Crippen molar-refractivity contribution >= 4 is 16.9 Å². The van der Waals surface area contributed by atoms with E-state index in [-0.39, 0.29) is 5.12 Å². The van der Waals surface area contributed by atoms with Gasteiger partial charge in [0, 0.05) is 25.2 Å². The highest BCUT2D eigenvalue weighted by atomic mass is 32.2. The van der Waals surface area contributed by atoms with Gasteiger partial charge in [-0.25, -0.2) is 0 Å². The third-order valence-electron chi connectivity index (χ3n) is 1.54. The summed E-state index contributed by atoms with van der Waals surface area (Å²) >= 11 is 1.26. The Hall–Kier alpha value is -1.47. The lowest BCUT2D eigenvalue weighted by atomic mass is 10.3. The summed E-state index contributed by atoms with van der Waals surface area (Å²) in [6, 6.07) is 3.43. The molecule has 0 N–H and O–H groups in total. The van der Waals surface area contributed by atoms with Gasteiger partial charge in [0.25, 0.3) is 0 Å². The van der Waals surface area contributed by atoms with E-state index in [0.29, 0.717) is 22.5 Å². The summed E-state index contributed by atoms with van der Waals surface area (Å²) in [6.45, 7) is 1.54.